The van der Waals surface area contributed by atoms with E-state index in [0.29, 0.717) is 13.2 Å². The molecule has 0 spiro atoms. The Hall–Kier alpha value is -3.10. The average Bonchev–Trinajstić information content (AvgIpc) is 3.58. The van der Waals surface area contributed by atoms with Crippen LogP contribution in [-0.4, -0.2) is 23.9 Å². The van der Waals surface area contributed by atoms with E-state index >= 15 is 0 Å². The van der Waals surface area contributed by atoms with Gasteiger partial charge in [-0.2, -0.15) is 5.10 Å². The number of nitrogens with zero attached hydrogens (tertiary/aromatic N) is 3. The largest absolute Gasteiger partial charge is 0.486 e. The van der Waals surface area contributed by atoms with Crippen molar-refractivity contribution in [1.29, 1.82) is 0 Å². The average molecular weight is 436 g/mol. The van der Waals surface area contributed by atoms with E-state index in [4.69, 9.17) is 24.0 Å². The summed E-state index contributed by atoms with van der Waals surface area (Å²) in [4.78, 5) is 6.07. The van der Waals surface area contributed by atoms with Crippen molar-refractivity contribution in [2.24, 2.45) is 5.10 Å². The highest BCUT2D eigenvalue weighted by Crippen LogP contribution is 2.41. The normalized spacial score (nSPS) is 17.9. The molecule has 8 heteroatoms. The molecule has 150 valence electrons. The van der Waals surface area contributed by atoms with Gasteiger partial charge in [-0.1, -0.05) is 6.07 Å². The Morgan fingerprint density at radius 2 is 1.93 bits per heavy atom. The van der Waals surface area contributed by atoms with Crippen LogP contribution in [0.2, 0.25) is 0 Å². The fraction of sp³-hybridized carbons (Fsp3) is 0.182. The zero-order chi connectivity index (χ0) is 19.9. The van der Waals surface area contributed by atoms with Crippen LogP contribution in [0.4, 0.5) is 5.13 Å². The van der Waals surface area contributed by atoms with Crippen molar-refractivity contribution >= 4 is 33.5 Å². The summed E-state index contributed by atoms with van der Waals surface area (Å²) in [6.07, 6.45) is 2.49. The zero-order valence-corrected chi connectivity index (χ0v) is 17.5. The van der Waals surface area contributed by atoms with Crippen LogP contribution in [0, 0.1) is 0 Å². The van der Waals surface area contributed by atoms with Gasteiger partial charge in [-0.05, 0) is 41.8 Å². The number of rotatable bonds is 4. The molecule has 1 atom stereocenters. The summed E-state index contributed by atoms with van der Waals surface area (Å²) >= 11 is 3.28. The number of anilines is 1. The minimum Gasteiger partial charge on any atom is -0.486 e. The van der Waals surface area contributed by atoms with E-state index in [1.165, 1.54) is 4.88 Å². The maximum atomic E-state index is 5.72. The minimum absolute atomic E-state index is 0.00336. The number of hydrazone groups is 1. The summed E-state index contributed by atoms with van der Waals surface area (Å²) in [5, 5.41) is 11.9. The van der Waals surface area contributed by atoms with E-state index in [0.717, 1.165) is 45.8 Å². The molecular formula is C22H17N3O3S2. The first-order valence-corrected chi connectivity index (χ1v) is 11.4. The lowest BCUT2D eigenvalue weighted by Gasteiger charge is -2.19. The number of thiazole rings is 1. The fourth-order valence-electron chi connectivity index (χ4n) is 3.69. The first kappa shape index (κ1) is 17.7. The number of ether oxygens (including phenoxy) is 2. The van der Waals surface area contributed by atoms with E-state index in [-0.39, 0.29) is 6.04 Å². The third-order valence-electron chi connectivity index (χ3n) is 5.11. The predicted molar refractivity (Wildman–Crippen MR) is 118 cm³/mol. The Morgan fingerprint density at radius 3 is 2.77 bits per heavy atom. The van der Waals surface area contributed by atoms with E-state index < -0.39 is 0 Å². The van der Waals surface area contributed by atoms with Gasteiger partial charge >= 0.3 is 0 Å². The summed E-state index contributed by atoms with van der Waals surface area (Å²) in [6.45, 7) is 1.15. The highest BCUT2D eigenvalue weighted by molar-refractivity contribution is 7.14. The lowest BCUT2D eigenvalue weighted by atomic mass is 10.1. The highest BCUT2D eigenvalue weighted by atomic mass is 32.1. The second kappa shape index (κ2) is 7.30. The van der Waals surface area contributed by atoms with E-state index in [9.17, 15) is 0 Å². The Labute approximate surface area is 181 Å². The number of hydrogen-bond donors (Lipinski definition) is 0. The molecule has 0 aliphatic carbocycles. The molecule has 3 aromatic heterocycles. The van der Waals surface area contributed by atoms with Gasteiger partial charge in [0.1, 0.15) is 25.0 Å². The monoisotopic (exact) mass is 435 g/mol. The van der Waals surface area contributed by atoms with Crippen molar-refractivity contribution in [2.75, 3.05) is 18.2 Å². The molecule has 5 heterocycles. The van der Waals surface area contributed by atoms with Crippen LogP contribution in [0.15, 0.2) is 69.0 Å². The molecule has 0 fully saturated rings. The van der Waals surface area contributed by atoms with E-state index in [1.54, 1.807) is 28.9 Å². The quantitative estimate of drug-likeness (QED) is 0.418. The van der Waals surface area contributed by atoms with Crippen LogP contribution in [0.25, 0.3) is 11.3 Å². The van der Waals surface area contributed by atoms with Crippen LogP contribution in [0.5, 0.6) is 11.5 Å². The van der Waals surface area contributed by atoms with Crippen molar-refractivity contribution in [3.63, 3.8) is 0 Å². The SMILES string of the molecule is c1coc([C@H]2CC(c3cccs3)=NN2c2nc(-c3ccc4c(c3)OCCO4)cs2)c1. The van der Waals surface area contributed by atoms with E-state index in [2.05, 4.69) is 22.9 Å². The highest BCUT2D eigenvalue weighted by Gasteiger charge is 2.34. The maximum Gasteiger partial charge on any atom is 0.207 e. The molecule has 0 bridgehead atoms. The van der Waals surface area contributed by atoms with Crippen molar-refractivity contribution < 1.29 is 13.9 Å². The first-order chi connectivity index (χ1) is 14.8. The lowest BCUT2D eigenvalue weighted by molar-refractivity contribution is 0.171. The number of aromatic nitrogens is 1. The van der Waals surface area contributed by atoms with Crippen LogP contribution in [0.1, 0.15) is 23.1 Å². The van der Waals surface area contributed by atoms with Crippen LogP contribution < -0.4 is 14.5 Å². The summed E-state index contributed by atoms with van der Waals surface area (Å²) < 4.78 is 17.1. The van der Waals surface area contributed by atoms with Gasteiger partial charge in [-0.25, -0.2) is 9.99 Å². The number of hydrogen-bond acceptors (Lipinski definition) is 8. The molecule has 0 N–H and O–H groups in total. The first-order valence-electron chi connectivity index (χ1n) is 9.65. The maximum absolute atomic E-state index is 5.72. The van der Waals surface area contributed by atoms with Gasteiger partial charge in [0.25, 0.3) is 0 Å². The predicted octanol–water partition coefficient (Wildman–Crippen LogP) is 5.59. The Balaban J connectivity index is 1.35. The van der Waals surface area contributed by atoms with Crippen molar-refractivity contribution in [3.05, 3.63) is 70.1 Å². The van der Waals surface area contributed by atoms with Gasteiger partial charge in [-0.3, -0.25) is 0 Å². The smallest absolute Gasteiger partial charge is 0.207 e. The van der Waals surface area contributed by atoms with Crippen molar-refractivity contribution in [3.8, 4) is 22.8 Å². The molecular weight excluding hydrogens is 418 g/mol. The molecule has 6 rings (SSSR count). The van der Waals surface area contributed by atoms with Crippen LogP contribution >= 0.6 is 22.7 Å². The van der Waals surface area contributed by atoms with Crippen molar-refractivity contribution in [2.45, 2.75) is 12.5 Å². The molecule has 4 aromatic rings. The molecule has 0 saturated heterocycles. The lowest BCUT2D eigenvalue weighted by Crippen LogP contribution is -2.17. The van der Waals surface area contributed by atoms with Crippen LogP contribution in [-0.2, 0) is 0 Å². The minimum atomic E-state index is -0.00336. The van der Waals surface area contributed by atoms with Gasteiger partial charge in [0.05, 0.1) is 22.5 Å². The third kappa shape index (κ3) is 3.09. The second-order valence-corrected chi connectivity index (χ2v) is 8.76. The molecule has 0 unspecified atom stereocenters. The topological polar surface area (TPSA) is 60.1 Å². The summed E-state index contributed by atoms with van der Waals surface area (Å²) in [5.41, 5.74) is 2.95. The second-order valence-electron chi connectivity index (χ2n) is 6.98. The molecule has 2 aliphatic rings. The number of fused-ring (bicyclic) bond motifs is 1. The summed E-state index contributed by atoms with van der Waals surface area (Å²) in [6, 6.07) is 14.0. The summed E-state index contributed by atoms with van der Waals surface area (Å²) in [7, 11) is 0. The number of furan rings is 1. The Kier molecular flexibility index (Phi) is 4.32. The molecule has 1 aromatic carbocycles. The zero-order valence-electron chi connectivity index (χ0n) is 15.9. The fourth-order valence-corrected chi connectivity index (χ4v) is 5.24. The van der Waals surface area contributed by atoms with Crippen molar-refractivity contribution in [1.82, 2.24) is 4.98 Å². The third-order valence-corrected chi connectivity index (χ3v) is 6.86. The summed E-state index contributed by atoms with van der Waals surface area (Å²) in [5.74, 6) is 2.44. The van der Waals surface area contributed by atoms with Gasteiger partial charge in [0, 0.05) is 17.4 Å². The van der Waals surface area contributed by atoms with Crippen LogP contribution in [0.3, 0.4) is 0 Å². The molecule has 2 aliphatic heterocycles. The Morgan fingerprint density at radius 1 is 1.00 bits per heavy atom. The van der Waals surface area contributed by atoms with E-state index in [1.807, 2.05) is 35.3 Å². The standard InChI is InChI=1S/C22H17N3O3S2/c1-3-18(26-7-1)17-12-15(21-4-2-10-29-21)24-25(17)22-23-16(13-30-22)14-5-6-19-20(11-14)28-9-8-27-19/h1-7,10-11,13,17H,8-9,12H2/t17-/m1/s1. The van der Waals surface area contributed by atoms with Gasteiger partial charge < -0.3 is 13.9 Å². The number of thiophene rings is 1. The molecule has 0 amide bonds. The van der Waals surface area contributed by atoms with Gasteiger partial charge in [0.15, 0.2) is 11.5 Å². The number of benzene rings is 1. The molecule has 0 saturated carbocycles. The molecule has 6 nitrogen and oxygen atoms in total. The molecule has 30 heavy (non-hydrogen) atoms. The Bertz CT molecular complexity index is 1200. The van der Waals surface area contributed by atoms with Gasteiger partial charge in [-0.15, -0.1) is 22.7 Å². The van der Waals surface area contributed by atoms with Gasteiger partial charge in [0.2, 0.25) is 5.13 Å². The molecule has 0 radical (unpaired) electrons.